The summed E-state index contributed by atoms with van der Waals surface area (Å²) in [7, 11) is 0. The number of piperidine rings is 1. The summed E-state index contributed by atoms with van der Waals surface area (Å²) in [5.41, 5.74) is 4.89. The first-order chi connectivity index (χ1) is 14.3. The summed E-state index contributed by atoms with van der Waals surface area (Å²) in [6.45, 7) is 8.55. The van der Waals surface area contributed by atoms with E-state index in [4.69, 9.17) is 23.9 Å². The summed E-state index contributed by atoms with van der Waals surface area (Å²) in [6, 6.07) is 4.89. The molecule has 0 aliphatic carbocycles. The van der Waals surface area contributed by atoms with Crippen molar-refractivity contribution in [1.82, 2.24) is 15.0 Å². The van der Waals surface area contributed by atoms with Crippen molar-refractivity contribution < 1.29 is 13.2 Å². The fourth-order valence-corrected chi connectivity index (χ4v) is 3.91. The fraction of sp³-hybridized carbons (Fsp3) is 0.300. The van der Waals surface area contributed by atoms with Crippen LogP contribution in [0.1, 0.15) is 18.4 Å². The van der Waals surface area contributed by atoms with Gasteiger partial charge in [-0.25, -0.2) is 21.5 Å². The molecule has 1 aliphatic heterocycles. The van der Waals surface area contributed by atoms with E-state index in [2.05, 4.69) is 19.8 Å². The van der Waals surface area contributed by atoms with Crippen LogP contribution < -0.4 is 10.6 Å². The first-order valence-electron chi connectivity index (χ1n) is 9.18. The predicted octanol–water partition coefficient (Wildman–Crippen LogP) is 4.83. The van der Waals surface area contributed by atoms with E-state index < -0.39 is 11.7 Å². The number of benzene rings is 1. The van der Waals surface area contributed by atoms with E-state index in [1.54, 1.807) is 6.07 Å². The number of nitrogens with two attached hydrogens (primary N) is 1. The van der Waals surface area contributed by atoms with Crippen molar-refractivity contribution in [1.29, 1.82) is 0 Å². The topological polar surface area (TPSA) is 72.3 Å². The average Bonchev–Trinajstić information content (AvgIpc) is 2.72. The Balaban J connectivity index is 1.86. The summed E-state index contributed by atoms with van der Waals surface area (Å²) in [6.07, 6.45) is -1.58. The lowest BCUT2D eigenvalue weighted by Gasteiger charge is -2.29. The van der Waals surface area contributed by atoms with Crippen LogP contribution in [0.2, 0.25) is 5.02 Å². The maximum Gasteiger partial charge on any atom is 0.418 e. The zero-order chi connectivity index (χ0) is 21.5. The summed E-state index contributed by atoms with van der Waals surface area (Å²) < 4.78 is 40.5. The molecule has 1 unspecified atom stereocenters. The number of fused-ring (bicyclic) bond motifs is 1. The van der Waals surface area contributed by atoms with E-state index in [0.29, 0.717) is 23.3 Å². The van der Waals surface area contributed by atoms with Crippen molar-refractivity contribution in [2.24, 2.45) is 0 Å². The van der Waals surface area contributed by atoms with Gasteiger partial charge in [0.05, 0.1) is 28.3 Å². The highest BCUT2D eigenvalue weighted by atomic mass is 35.5. The Morgan fingerprint density at radius 2 is 2.03 bits per heavy atom. The van der Waals surface area contributed by atoms with Crippen LogP contribution in [0.25, 0.3) is 27.0 Å². The smallest absolute Gasteiger partial charge is 0.384 e. The van der Waals surface area contributed by atoms with Crippen molar-refractivity contribution in [2.75, 3.05) is 23.7 Å². The molecule has 1 aliphatic rings. The molecule has 1 saturated heterocycles. The van der Waals surface area contributed by atoms with E-state index in [0.717, 1.165) is 31.5 Å². The van der Waals surface area contributed by atoms with Gasteiger partial charge >= 0.3 is 6.18 Å². The molecular weight excluding hydrogens is 417 g/mol. The highest BCUT2D eigenvalue weighted by Gasteiger charge is 2.35. The van der Waals surface area contributed by atoms with Crippen LogP contribution >= 0.6 is 11.6 Å². The van der Waals surface area contributed by atoms with Crippen molar-refractivity contribution in [3.05, 3.63) is 52.6 Å². The Hall–Kier alpha value is -3.12. The molecule has 2 N–H and O–H groups in total. The standard InChI is InChI=1S/C20H16ClF3N6/c1-26-11-3-2-6-30(9-11)19-13-7-15(21)12(8-16(13)27-10-28-19)18-14(20(22,23)24)4-5-17(25)29-18/h4-5,7-8,10-11H,2-3,6,9H2,(H2,25,29). The van der Waals surface area contributed by atoms with Crippen LogP contribution in [0.15, 0.2) is 30.6 Å². The molecule has 1 fully saturated rings. The van der Waals surface area contributed by atoms with Crippen LogP contribution in [0.3, 0.4) is 0 Å². The summed E-state index contributed by atoms with van der Waals surface area (Å²) in [4.78, 5) is 18.1. The Morgan fingerprint density at radius 1 is 1.23 bits per heavy atom. The van der Waals surface area contributed by atoms with E-state index in [9.17, 15) is 13.2 Å². The molecule has 1 atom stereocenters. The number of hydrogen-bond donors (Lipinski definition) is 1. The minimum absolute atomic E-state index is 0.0453. The van der Waals surface area contributed by atoms with Crippen LogP contribution in [-0.2, 0) is 6.18 Å². The first-order valence-corrected chi connectivity index (χ1v) is 9.55. The number of hydrogen-bond acceptors (Lipinski definition) is 5. The highest BCUT2D eigenvalue weighted by Crippen LogP contribution is 2.41. The second kappa shape index (κ2) is 7.61. The molecule has 6 nitrogen and oxygen atoms in total. The lowest BCUT2D eigenvalue weighted by molar-refractivity contribution is -0.137. The number of nitrogen functional groups attached to an aromatic ring is 1. The maximum atomic E-state index is 13.5. The lowest BCUT2D eigenvalue weighted by atomic mass is 10.0. The van der Waals surface area contributed by atoms with Crippen molar-refractivity contribution in [3.8, 4) is 11.3 Å². The molecule has 0 bridgehead atoms. The Kier molecular flexibility index (Phi) is 5.12. The maximum absolute atomic E-state index is 13.5. The molecule has 1 aromatic carbocycles. The predicted molar refractivity (Wildman–Crippen MR) is 109 cm³/mol. The van der Waals surface area contributed by atoms with Crippen molar-refractivity contribution in [2.45, 2.75) is 25.1 Å². The van der Waals surface area contributed by atoms with Crippen LogP contribution in [0.4, 0.5) is 24.8 Å². The molecule has 2 aromatic heterocycles. The van der Waals surface area contributed by atoms with Crippen molar-refractivity contribution >= 4 is 34.1 Å². The van der Waals surface area contributed by atoms with Gasteiger partial charge in [0, 0.05) is 23.9 Å². The molecular formula is C20H16ClF3N6. The highest BCUT2D eigenvalue weighted by molar-refractivity contribution is 6.34. The number of nitrogens with zero attached hydrogens (tertiary/aromatic N) is 5. The molecule has 3 heterocycles. The third kappa shape index (κ3) is 3.71. The van der Waals surface area contributed by atoms with Gasteiger partial charge in [0.25, 0.3) is 0 Å². The molecule has 4 rings (SSSR count). The second-order valence-electron chi connectivity index (χ2n) is 7.05. The lowest BCUT2D eigenvalue weighted by Crippen LogP contribution is -2.37. The second-order valence-corrected chi connectivity index (χ2v) is 7.45. The van der Waals surface area contributed by atoms with E-state index in [-0.39, 0.29) is 28.1 Å². The zero-order valence-corrected chi connectivity index (χ0v) is 16.4. The number of anilines is 2. The van der Waals surface area contributed by atoms with Gasteiger partial charge in [0.1, 0.15) is 18.0 Å². The summed E-state index contributed by atoms with van der Waals surface area (Å²) >= 11 is 6.41. The summed E-state index contributed by atoms with van der Waals surface area (Å²) in [5.74, 6) is 0.564. The number of rotatable bonds is 2. The van der Waals surface area contributed by atoms with Crippen LogP contribution in [0.5, 0.6) is 0 Å². The van der Waals surface area contributed by atoms with E-state index >= 15 is 0 Å². The Morgan fingerprint density at radius 3 is 2.77 bits per heavy atom. The molecule has 0 saturated carbocycles. The largest absolute Gasteiger partial charge is 0.418 e. The van der Waals surface area contributed by atoms with Gasteiger partial charge in [0.15, 0.2) is 0 Å². The molecule has 3 aromatic rings. The van der Waals surface area contributed by atoms with E-state index in [1.165, 1.54) is 12.4 Å². The molecule has 0 radical (unpaired) electrons. The molecule has 154 valence electrons. The normalized spacial score (nSPS) is 17.2. The SMILES string of the molecule is [C-]#[N+]C1CCCN(c2ncnc3cc(-c4nc(N)ccc4C(F)(F)F)c(Cl)cc23)C1. The molecule has 10 heteroatoms. The van der Waals surface area contributed by atoms with Gasteiger partial charge in [-0.1, -0.05) is 11.6 Å². The molecule has 30 heavy (non-hydrogen) atoms. The fourth-order valence-electron chi connectivity index (χ4n) is 3.66. The van der Waals surface area contributed by atoms with Gasteiger partial charge in [-0.2, -0.15) is 13.2 Å². The zero-order valence-electron chi connectivity index (χ0n) is 15.6. The van der Waals surface area contributed by atoms with Gasteiger partial charge in [-0.15, -0.1) is 0 Å². The molecule has 0 amide bonds. The Bertz CT molecular complexity index is 1160. The van der Waals surface area contributed by atoms with Gasteiger partial charge < -0.3 is 15.5 Å². The third-order valence-electron chi connectivity index (χ3n) is 5.06. The Labute approximate surface area is 175 Å². The average molecular weight is 433 g/mol. The third-order valence-corrected chi connectivity index (χ3v) is 5.37. The van der Waals surface area contributed by atoms with Crippen molar-refractivity contribution in [3.63, 3.8) is 0 Å². The number of pyridine rings is 1. The van der Waals surface area contributed by atoms with Gasteiger partial charge in [-0.05, 0) is 30.7 Å². The minimum Gasteiger partial charge on any atom is -0.384 e. The number of halogens is 4. The molecule has 0 spiro atoms. The van der Waals surface area contributed by atoms with Gasteiger partial charge in [0.2, 0.25) is 6.04 Å². The quantitative estimate of drug-likeness (QED) is 0.587. The van der Waals surface area contributed by atoms with Gasteiger partial charge in [-0.3, -0.25) is 0 Å². The summed E-state index contributed by atoms with van der Waals surface area (Å²) in [5, 5.41) is 0.690. The first kappa shape index (κ1) is 20.2. The number of alkyl halides is 3. The number of aromatic nitrogens is 3. The van der Waals surface area contributed by atoms with E-state index in [1.807, 2.05) is 4.90 Å². The van der Waals surface area contributed by atoms with Crippen LogP contribution in [-0.4, -0.2) is 34.1 Å². The van der Waals surface area contributed by atoms with Crippen LogP contribution in [0, 0.1) is 6.57 Å². The monoisotopic (exact) mass is 432 g/mol. The minimum atomic E-state index is -4.62.